The molecule has 1 radical (unpaired) electrons. The van der Waals surface area contributed by atoms with Crippen molar-refractivity contribution in [2.75, 3.05) is 7.05 Å². The van der Waals surface area contributed by atoms with Crippen LogP contribution < -0.4 is 5.32 Å². The first-order valence-corrected chi connectivity index (χ1v) is 1.80. The van der Waals surface area contributed by atoms with Gasteiger partial charge < -0.3 is 0 Å². The Labute approximate surface area is 37.8 Å². The van der Waals surface area contributed by atoms with Gasteiger partial charge in [0.15, 0.2) is 0 Å². The fourth-order valence-electron chi connectivity index (χ4n) is 0.0577. The molecule has 6 heavy (non-hydrogen) atoms. The monoisotopic (exact) mass is 83.1 g/mol. The van der Waals surface area contributed by atoms with Crippen LogP contribution in [0.1, 0.15) is 6.92 Å². The Bertz CT molecular complexity index is 62.4. The Hall–Kier alpha value is -0.550. The lowest BCUT2D eigenvalue weighted by molar-refractivity contribution is 0.725. The number of hydrogen-bond donors (Lipinski definition) is 0. The van der Waals surface area contributed by atoms with Gasteiger partial charge in [-0.15, -0.1) is 0 Å². The van der Waals surface area contributed by atoms with Gasteiger partial charge >= 0.3 is 0 Å². The van der Waals surface area contributed by atoms with Crippen LogP contribution in [-0.2, 0) is 0 Å². The first-order valence-electron chi connectivity index (χ1n) is 1.80. The lowest BCUT2D eigenvalue weighted by Crippen LogP contribution is -2.09. The van der Waals surface area contributed by atoms with E-state index in [0.29, 0.717) is 0 Å². The second-order valence-corrected chi connectivity index (χ2v) is 1.06. The molecule has 0 aliphatic heterocycles. The molecule has 0 saturated heterocycles. The predicted octanol–water partition coefficient (Wildman–Crippen LogP) is 0.133. The number of nitriles is 1. The van der Waals surface area contributed by atoms with Crippen LogP contribution in [-0.4, -0.2) is 13.1 Å². The lowest BCUT2D eigenvalue weighted by Gasteiger charge is -1.88. The highest BCUT2D eigenvalue weighted by Gasteiger charge is 1.88. The first-order chi connectivity index (χ1) is 2.81. The maximum atomic E-state index is 7.99. The third kappa shape index (κ3) is 1.74. The minimum absolute atomic E-state index is 0.134. The SMILES string of the molecule is C[N]C(C)C#N. The molecule has 1 unspecified atom stereocenters. The van der Waals surface area contributed by atoms with Crippen molar-refractivity contribution in [2.45, 2.75) is 13.0 Å². The van der Waals surface area contributed by atoms with E-state index in [2.05, 4.69) is 5.32 Å². The molecule has 0 fully saturated rings. The van der Waals surface area contributed by atoms with Gasteiger partial charge in [-0.25, -0.2) is 5.32 Å². The summed E-state index contributed by atoms with van der Waals surface area (Å²) < 4.78 is 0. The summed E-state index contributed by atoms with van der Waals surface area (Å²) >= 11 is 0. The second kappa shape index (κ2) is 2.67. The third-order valence-corrected chi connectivity index (χ3v) is 0.574. The van der Waals surface area contributed by atoms with Gasteiger partial charge in [0.2, 0.25) is 0 Å². The highest BCUT2D eigenvalue weighted by molar-refractivity contribution is 4.82. The Balaban J connectivity index is 3.04. The van der Waals surface area contributed by atoms with Crippen LogP contribution in [0.15, 0.2) is 0 Å². The zero-order chi connectivity index (χ0) is 4.99. The topological polar surface area (TPSA) is 37.9 Å². The molecule has 1 atom stereocenters. The van der Waals surface area contributed by atoms with E-state index < -0.39 is 0 Å². The summed E-state index contributed by atoms with van der Waals surface area (Å²) in [5.74, 6) is 0. The van der Waals surface area contributed by atoms with Crippen LogP contribution in [0.2, 0.25) is 0 Å². The molecule has 0 aromatic carbocycles. The fourth-order valence-corrected chi connectivity index (χ4v) is 0.0577. The highest BCUT2D eigenvalue weighted by Crippen LogP contribution is 1.71. The first kappa shape index (κ1) is 5.45. The average Bonchev–Trinajstić information content (AvgIpc) is 1.65. The number of hydrogen-bond acceptors (Lipinski definition) is 1. The van der Waals surface area contributed by atoms with Gasteiger partial charge in [0.05, 0.1) is 6.07 Å². The van der Waals surface area contributed by atoms with Gasteiger partial charge in [0.1, 0.15) is 6.04 Å². The Morgan fingerprint density at radius 2 is 2.33 bits per heavy atom. The summed E-state index contributed by atoms with van der Waals surface area (Å²) in [6.07, 6.45) is 0. The van der Waals surface area contributed by atoms with Crippen LogP contribution in [0.5, 0.6) is 0 Å². The Kier molecular flexibility index (Phi) is 2.43. The van der Waals surface area contributed by atoms with Crippen LogP contribution in [0.3, 0.4) is 0 Å². The van der Waals surface area contributed by atoms with E-state index in [4.69, 9.17) is 5.26 Å². The number of nitrogens with zero attached hydrogens (tertiary/aromatic N) is 2. The van der Waals surface area contributed by atoms with Crippen molar-refractivity contribution >= 4 is 0 Å². The molecule has 0 aliphatic carbocycles. The summed E-state index contributed by atoms with van der Waals surface area (Å²) in [6, 6.07) is 1.81. The zero-order valence-corrected chi connectivity index (χ0v) is 3.97. The highest BCUT2D eigenvalue weighted by atomic mass is 14.8. The van der Waals surface area contributed by atoms with E-state index in [-0.39, 0.29) is 6.04 Å². The van der Waals surface area contributed by atoms with Gasteiger partial charge in [0, 0.05) is 7.05 Å². The standard InChI is InChI=1S/C4H7N2/c1-4(3-5)6-2/h4H,1-2H3. The largest absolute Gasteiger partial charge is 0.227 e. The minimum Gasteiger partial charge on any atom is -0.227 e. The van der Waals surface area contributed by atoms with Crippen molar-refractivity contribution in [3.8, 4) is 6.07 Å². The molecule has 33 valence electrons. The predicted molar refractivity (Wildman–Crippen MR) is 23.1 cm³/mol. The van der Waals surface area contributed by atoms with Gasteiger partial charge in [-0.1, -0.05) is 0 Å². The second-order valence-electron chi connectivity index (χ2n) is 1.06. The summed E-state index contributed by atoms with van der Waals surface area (Å²) in [5.41, 5.74) is 0. The van der Waals surface area contributed by atoms with Crippen molar-refractivity contribution in [3.63, 3.8) is 0 Å². The van der Waals surface area contributed by atoms with Gasteiger partial charge in [-0.3, -0.25) is 0 Å². The van der Waals surface area contributed by atoms with Gasteiger partial charge in [0.25, 0.3) is 0 Å². The maximum Gasteiger partial charge on any atom is 0.108 e. The summed E-state index contributed by atoms with van der Waals surface area (Å²) in [4.78, 5) is 0. The molecule has 0 N–H and O–H groups in total. The zero-order valence-electron chi connectivity index (χ0n) is 3.97. The Morgan fingerprint density at radius 3 is 2.33 bits per heavy atom. The number of rotatable bonds is 1. The minimum atomic E-state index is -0.134. The fraction of sp³-hybridized carbons (Fsp3) is 0.750. The normalized spacial score (nSPS) is 12.8. The van der Waals surface area contributed by atoms with Crippen molar-refractivity contribution in [2.24, 2.45) is 0 Å². The quantitative estimate of drug-likeness (QED) is 0.444. The molecule has 0 spiro atoms. The van der Waals surface area contributed by atoms with Crippen molar-refractivity contribution in [1.29, 1.82) is 5.26 Å². The van der Waals surface area contributed by atoms with Crippen LogP contribution in [0, 0.1) is 11.3 Å². The summed E-state index contributed by atoms with van der Waals surface area (Å²) in [5, 5.41) is 11.6. The maximum absolute atomic E-state index is 7.99. The van der Waals surface area contributed by atoms with E-state index in [1.165, 1.54) is 0 Å². The Morgan fingerprint density at radius 1 is 1.83 bits per heavy atom. The third-order valence-electron chi connectivity index (χ3n) is 0.574. The average molecular weight is 83.1 g/mol. The van der Waals surface area contributed by atoms with Gasteiger partial charge in [-0.2, -0.15) is 5.26 Å². The molecule has 2 nitrogen and oxygen atoms in total. The van der Waals surface area contributed by atoms with E-state index in [1.54, 1.807) is 14.0 Å². The van der Waals surface area contributed by atoms with E-state index in [1.807, 2.05) is 6.07 Å². The van der Waals surface area contributed by atoms with E-state index in [9.17, 15) is 0 Å². The van der Waals surface area contributed by atoms with E-state index >= 15 is 0 Å². The summed E-state index contributed by atoms with van der Waals surface area (Å²) in [6.45, 7) is 1.75. The van der Waals surface area contributed by atoms with Crippen LogP contribution in [0.4, 0.5) is 0 Å². The van der Waals surface area contributed by atoms with Crippen molar-refractivity contribution < 1.29 is 0 Å². The van der Waals surface area contributed by atoms with Crippen LogP contribution >= 0.6 is 0 Å². The lowest BCUT2D eigenvalue weighted by atomic mass is 10.4. The molecular formula is C4H7N2. The summed E-state index contributed by atoms with van der Waals surface area (Å²) in [7, 11) is 1.63. The molecule has 2 heteroatoms. The van der Waals surface area contributed by atoms with Crippen molar-refractivity contribution in [3.05, 3.63) is 0 Å². The molecule has 0 amide bonds. The molecule has 0 saturated carbocycles. The molecule has 0 heterocycles. The van der Waals surface area contributed by atoms with Crippen LogP contribution in [0.25, 0.3) is 0 Å². The molecule has 0 aromatic heterocycles. The molecule has 0 aromatic rings. The van der Waals surface area contributed by atoms with Gasteiger partial charge in [-0.05, 0) is 6.92 Å². The molecule has 0 bridgehead atoms. The molecule has 0 rings (SSSR count). The molecule has 0 aliphatic rings. The van der Waals surface area contributed by atoms with Crippen molar-refractivity contribution in [1.82, 2.24) is 5.32 Å². The molecular weight excluding hydrogens is 76.1 g/mol. The smallest absolute Gasteiger partial charge is 0.108 e. The van der Waals surface area contributed by atoms with E-state index in [0.717, 1.165) is 0 Å².